The molecule has 198 valence electrons. The largest absolute Gasteiger partial charge is 0.462 e. The van der Waals surface area contributed by atoms with E-state index in [0.29, 0.717) is 17.7 Å². The van der Waals surface area contributed by atoms with Crippen molar-refractivity contribution in [3.63, 3.8) is 0 Å². The fourth-order valence-corrected chi connectivity index (χ4v) is 7.46. The third-order valence-electron chi connectivity index (χ3n) is 9.16. The number of aldehydes is 1. The maximum atomic E-state index is 12.7. The molecular weight excluding hydrogens is 504 g/mol. The van der Waals surface area contributed by atoms with E-state index >= 15 is 0 Å². The predicted octanol–water partition coefficient (Wildman–Crippen LogP) is 8.39. The van der Waals surface area contributed by atoms with Crippen molar-refractivity contribution < 1.29 is 14.3 Å². The van der Waals surface area contributed by atoms with Crippen LogP contribution in [0, 0.1) is 0 Å². The average Bonchev–Trinajstić information content (AvgIpc) is 3.69. The molecule has 0 N–H and O–H groups in total. The number of carbonyl (C=O) groups is 2. The second-order valence-electron chi connectivity index (χ2n) is 11.3. The first kappa shape index (κ1) is 24.1. The second kappa shape index (κ2) is 9.42. The number of hydrogen-bond donors (Lipinski definition) is 0. The van der Waals surface area contributed by atoms with Gasteiger partial charge in [0.1, 0.15) is 6.29 Å². The van der Waals surface area contributed by atoms with Gasteiger partial charge in [0.2, 0.25) is 0 Å². The lowest BCUT2D eigenvalue weighted by Crippen LogP contribution is -2.08. The molecule has 5 aromatic rings. The van der Waals surface area contributed by atoms with Crippen LogP contribution in [-0.2, 0) is 17.6 Å². The zero-order valence-electron chi connectivity index (χ0n) is 22.7. The summed E-state index contributed by atoms with van der Waals surface area (Å²) in [6, 6.07) is 33.3. The molecule has 0 spiro atoms. The Kier molecular flexibility index (Phi) is 5.53. The average molecular weight is 533 g/mol. The third kappa shape index (κ3) is 3.65. The van der Waals surface area contributed by atoms with Crippen LogP contribution >= 0.6 is 0 Å². The van der Waals surface area contributed by atoms with Crippen molar-refractivity contribution in [3.05, 3.63) is 142 Å². The van der Waals surface area contributed by atoms with E-state index in [0.717, 1.165) is 32.0 Å². The van der Waals surface area contributed by atoms with E-state index < -0.39 is 0 Å². The molecule has 5 aromatic carbocycles. The summed E-state index contributed by atoms with van der Waals surface area (Å²) in [4.78, 5) is 23.6. The molecule has 41 heavy (non-hydrogen) atoms. The van der Waals surface area contributed by atoms with Crippen molar-refractivity contribution in [3.8, 4) is 33.4 Å². The maximum absolute atomic E-state index is 12.7. The number of hydrogen-bond acceptors (Lipinski definition) is 3. The molecule has 0 saturated carbocycles. The number of fused-ring (bicyclic) bond motifs is 12. The van der Waals surface area contributed by atoms with E-state index in [1.54, 1.807) is 24.3 Å². The predicted molar refractivity (Wildman–Crippen MR) is 162 cm³/mol. The number of rotatable bonds is 6. The Morgan fingerprint density at radius 2 is 1.29 bits per heavy atom. The summed E-state index contributed by atoms with van der Waals surface area (Å²) in [5, 5.41) is 0. The molecule has 0 saturated heterocycles. The highest BCUT2D eigenvalue weighted by molar-refractivity contribution is 6.01. The minimum absolute atomic E-state index is 0.251. The smallest absolute Gasteiger partial charge is 0.338 e. The van der Waals surface area contributed by atoms with Crippen LogP contribution in [0.4, 0.5) is 0 Å². The zero-order valence-corrected chi connectivity index (χ0v) is 22.7. The molecule has 0 fully saturated rings. The first-order valence-electron chi connectivity index (χ1n) is 14.4. The SMILES string of the molecule is O=Cc1ccc(C(=O)OCCCC2c3ccccc3-c3c4c(c5c(c32)-c2ccccc2C5)-c2ccccc2C4)cc1. The first-order chi connectivity index (χ1) is 20.2. The van der Waals surface area contributed by atoms with Crippen molar-refractivity contribution in [2.24, 2.45) is 0 Å². The molecular formula is C38H28O3. The quantitative estimate of drug-likeness (QED) is 0.123. The van der Waals surface area contributed by atoms with Gasteiger partial charge in [-0.1, -0.05) is 84.9 Å². The van der Waals surface area contributed by atoms with Gasteiger partial charge in [0.15, 0.2) is 0 Å². The monoisotopic (exact) mass is 532 g/mol. The second-order valence-corrected chi connectivity index (χ2v) is 11.3. The van der Waals surface area contributed by atoms with Crippen LogP contribution in [0.25, 0.3) is 33.4 Å². The molecule has 0 radical (unpaired) electrons. The molecule has 1 unspecified atom stereocenters. The fourth-order valence-electron chi connectivity index (χ4n) is 7.46. The van der Waals surface area contributed by atoms with E-state index in [2.05, 4.69) is 72.8 Å². The van der Waals surface area contributed by atoms with Gasteiger partial charge in [0, 0.05) is 11.5 Å². The summed E-state index contributed by atoms with van der Waals surface area (Å²) in [6.45, 7) is 0.359. The van der Waals surface area contributed by atoms with Crippen LogP contribution < -0.4 is 0 Å². The standard InChI is InChI=1S/C38H28O3/c39-22-23-15-17-24(18-16-23)38(40)41-19-7-14-31-29-12-5-6-13-30(29)36-33-20-25-8-1-3-10-27(25)34(33)32-21-26-9-2-4-11-28(26)35(32)37(31)36/h1-6,8-13,15-18,22,31H,7,14,19-21H2. The number of ether oxygens (including phenoxy) is 1. The number of carbonyl (C=O) groups excluding carboxylic acids is 2. The Balaban J connectivity index is 1.18. The third-order valence-corrected chi connectivity index (χ3v) is 9.16. The van der Waals surface area contributed by atoms with Crippen LogP contribution in [0.5, 0.6) is 0 Å². The van der Waals surface area contributed by atoms with Crippen molar-refractivity contribution >= 4 is 12.3 Å². The molecule has 3 heteroatoms. The lowest BCUT2D eigenvalue weighted by Gasteiger charge is -2.21. The highest BCUT2D eigenvalue weighted by Crippen LogP contribution is 2.60. The van der Waals surface area contributed by atoms with E-state index in [1.165, 1.54) is 66.8 Å². The summed E-state index contributed by atoms with van der Waals surface area (Å²) in [7, 11) is 0. The minimum Gasteiger partial charge on any atom is -0.462 e. The van der Waals surface area contributed by atoms with Crippen LogP contribution in [-0.4, -0.2) is 18.9 Å². The topological polar surface area (TPSA) is 43.4 Å². The summed E-state index contributed by atoms with van der Waals surface area (Å²) >= 11 is 0. The van der Waals surface area contributed by atoms with Crippen molar-refractivity contribution in [2.75, 3.05) is 6.61 Å². The summed E-state index contributed by atoms with van der Waals surface area (Å²) < 4.78 is 5.68. The van der Waals surface area contributed by atoms with Crippen LogP contribution in [0.3, 0.4) is 0 Å². The van der Waals surface area contributed by atoms with Gasteiger partial charge in [0.05, 0.1) is 12.2 Å². The number of benzene rings is 5. The minimum atomic E-state index is -0.347. The molecule has 3 aliphatic rings. The highest BCUT2D eigenvalue weighted by Gasteiger charge is 2.40. The molecule has 1 atom stereocenters. The van der Waals surface area contributed by atoms with Crippen molar-refractivity contribution in [1.29, 1.82) is 0 Å². The zero-order chi connectivity index (χ0) is 27.5. The molecule has 3 aliphatic carbocycles. The van der Waals surface area contributed by atoms with Gasteiger partial charge < -0.3 is 4.74 Å². The molecule has 0 bridgehead atoms. The molecule has 8 rings (SSSR count). The maximum Gasteiger partial charge on any atom is 0.338 e. The molecule has 3 nitrogen and oxygen atoms in total. The fraction of sp³-hybridized carbons (Fsp3) is 0.158. The van der Waals surface area contributed by atoms with Crippen LogP contribution in [0.15, 0.2) is 97.1 Å². The summed E-state index contributed by atoms with van der Waals surface area (Å²) in [5.41, 5.74) is 18.1. The Morgan fingerprint density at radius 1 is 0.707 bits per heavy atom. The van der Waals surface area contributed by atoms with E-state index in [-0.39, 0.29) is 11.9 Å². The lowest BCUT2D eigenvalue weighted by atomic mass is 9.82. The van der Waals surface area contributed by atoms with E-state index in [9.17, 15) is 9.59 Å². The molecule has 0 aliphatic heterocycles. The van der Waals surface area contributed by atoms with Gasteiger partial charge in [-0.25, -0.2) is 4.79 Å². The van der Waals surface area contributed by atoms with Crippen LogP contribution in [0.2, 0.25) is 0 Å². The van der Waals surface area contributed by atoms with Crippen LogP contribution in [0.1, 0.15) is 72.9 Å². The highest BCUT2D eigenvalue weighted by atomic mass is 16.5. The van der Waals surface area contributed by atoms with Gasteiger partial charge in [-0.05, 0) is 105 Å². The molecule has 0 amide bonds. The van der Waals surface area contributed by atoms with Gasteiger partial charge in [-0.2, -0.15) is 0 Å². The van der Waals surface area contributed by atoms with E-state index in [1.807, 2.05) is 0 Å². The first-order valence-corrected chi connectivity index (χ1v) is 14.4. The lowest BCUT2D eigenvalue weighted by molar-refractivity contribution is 0.0497. The van der Waals surface area contributed by atoms with Gasteiger partial charge >= 0.3 is 5.97 Å². The van der Waals surface area contributed by atoms with Crippen molar-refractivity contribution in [1.82, 2.24) is 0 Å². The number of esters is 1. The molecule has 0 heterocycles. The van der Waals surface area contributed by atoms with Gasteiger partial charge in [-0.15, -0.1) is 0 Å². The Labute approximate surface area is 239 Å². The Hall–Kier alpha value is -4.76. The Bertz CT molecular complexity index is 1860. The Morgan fingerprint density at radius 3 is 1.98 bits per heavy atom. The van der Waals surface area contributed by atoms with Gasteiger partial charge in [-0.3, -0.25) is 4.79 Å². The van der Waals surface area contributed by atoms with Crippen molar-refractivity contribution in [2.45, 2.75) is 31.6 Å². The van der Waals surface area contributed by atoms with E-state index in [4.69, 9.17) is 4.74 Å². The summed E-state index contributed by atoms with van der Waals surface area (Å²) in [5.74, 6) is -0.0965. The summed E-state index contributed by atoms with van der Waals surface area (Å²) in [6.07, 6.45) is 4.39. The molecule has 0 aromatic heterocycles. The normalized spacial score (nSPS) is 14.9. The van der Waals surface area contributed by atoms with Gasteiger partial charge in [0.25, 0.3) is 0 Å².